The predicted molar refractivity (Wildman–Crippen MR) is 154 cm³/mol. The minimum Gasteiger partial charge on any atom is -0.419 e. The molecule has 0 atom stereocenters. The molecular weight excluding hydrogens is 559 g/mol. The number of anilines is 1. The molecule has 5 rings (SSSR count). The van der Waals surface area contributed by atoms with Crippen LogP contribution in [0.15, 0.2) is 77.2 Å². The van der Waals surface area contributed by atoms with Crippen molar-refractivity contribution in [3.8, 4) is 28.5 Å². The van der Waals surface area contributed by atoms with E-state index in [1.165, 1.54) is 0 Å². The summed E-state index contributed by atoms with van der Waals surface area (Å²) in [5, 5.41) is 14.6. The van der Waals surface area contributed by atoms with Gasteiger partial charge in [0.05, 0.1) is 22.1 Å². The van der Waals surface area contributed by atoms with Gasteiger partial charge in [-0.2, -0.15) is 5.10 Å². The van der Waals surface area contributed by atoms with Crippen LogP contribution in [0.4, 0.5) is 5.69 Å². The lowest BCUT2D eigenvalue weighted by molar-refractivity contribution is 0.0963. The number of para-hydroxylation sites is 1. The Bertz CT molecular complexity index is 1640. The van der Waals surface area contributed by atoms with Gasteiger partial charge in [-0.3, -0.25) is 15.6 Å². The van der Waals surface area contributed by atoms with Gasteiger partial charge < -0.3 is 4.42 Å². The van der Waals surface area contributed by atoms with E-state index in [1.807, 2.05) is 51.1 Å². The summed E-state index contributed by atoms with van der Waals surface area (Å²) in [7, 11) is 0. The average Bonchev–Trinajstić information content (AvgIpc) is 3.54. The van der Waals surface area contributed by atoms with E-state index in [-0.39, 0.29) is 17.1 Å². The average molecular weight is 582 g/mol. The molecule has 0 fully saturated rings. The molecule has 0 unspecified atom stereocenters. The van der Waals surface area contributed by atoms with Gasteiger partial charge in [-0.25, -0.2) is 4.68 Å². The molecule has 2 aromatic heterocycles. The first kappa shape index (κ1) is 26.7. The lowest BCUT2D eigenvalue weighted by Crippen LogP contribution is -2.30. The fourth-order valence-electron chi connectivity index (χ4n) is 3.82. The van der Waals surface area contributed by atoms with Crippen LogP contribution in [0.2, 0.25) is 15.1 Å². The largest absolute Gasteiger partial charge is 0.419 e. The third-order valence-corrected chi connectivity index (χ3v) is 6.52. The van der Waals surface area contributed by atoms with Gasteiger partial charge in [0.25, 0.3) is 11.8 Å². The van der Waals surface area contributed by atoms with Crippen molar-refractivity contribution in [2.45, 2.75) is 26.2 Å². The van der Waals surface area contributed by atoms with Crippen LogP contribution in [-0.2, 0) is 5.41 Å². The van der Waals surface area contributed by atoms with E-state index in [9.17, 15) is 4.79 Å². The number of hydrogen-bond acceptors (Lipinski definition) is 6. The highest BCUT2D eigenvalue weighted by molar-refractivity contribution is 6.35. The van der Waals surface area contributed by atoms with Gasteiger partial charge in [0.15, 0.2) is 5.69 Å². The SMILES string of the molecule is CC(C)(C)c1nnc(-c2nn(-c3ccc(Cl)cc3Cl)c(-c3ccc(Cl)cc3)c2C(=O)NNc2ccccc2)o1. The maximum Gasteiger partial charge on any atom is 0.274 e. The van der Waals surface area contributed by atoms with Crippen molar-refractivity contribution in [1.29, 1.82) is 0 Å². The molecule has 198 valence electrons. The lowest BCUT2D eigenvalue weighted by Gasteiger charge is -2.13. The lowest BCUT2D eigenvalue weighted by atomic mass is 9.97. The number of nitrogens with zero attached hydrogens (tertiary/aromatic N) is 4. The van der Waals surface area contributed by atoms with E-state index in [0.29, 0.717) is 43.6 Å². The third kappa shape index (κ3) is 5.63. The van der Waals surface area contributed by atoms with E-state index in [2.05, 4.69) is 21.0 Å². The molecule has 2 heterocycles. The molecule has 0 bridgehead atoms. The summed E-state index contributed by atoms with van der Waals surface area (Å²) in [6.45, 7) is 5.85. The molecule has 0 aliphatic rings. The number of carbonyl (C=O) groups is 1. The molecular formula is C28H23Cl3N6O2. The number of nitrogens with one attached hydrogen (secondary N) is 2. The Labute approximate surface area is 239 Å². The van der Waals surface area contributed by atoms with Crippen molar-refractivity contribution in [2.24, 2.45) is 0 Å². The first-order chi connectivity index (χ1) is 18.6. The summed E-state index contributed by atoms with van der Waals surface area (Å²) < 4.78 is 7.59. The van der Waals surface area contributed by atoms with E-state index in [1.54, 1.807) is 47.1 Å². The molecule has 3 aromatic carbocycles. The number of halogens is 3. The molecule has 5 aromatic rings. The predicted octanol–water partition coefficient (Wildman–Crippen LogP) is 7.60. The van der Waals surface area contributed by atoms with Crippen molar-refractivity contribution in [2.75, 3.05) is 5.43 Å². The van der Waals surface area contributed by atoms with Crippen molar-refractivity contribution >= 4 is 46.4 Å². The molecule has 8 nitrogen and oxygen atoms in total. The third-order valence-electron chi connectivity index (χ3n) is 5.73. The van der Waals surface area contributed by atoms with Gasteiger partial charge in [-0.05, 0) is 42.5 Å². The van der Waals surface area contributed by atoms with Crippen molar-refractivity contribution < 1.29 is 9.21 Å². The molecule has 0 radical (unpaired) electrons. The van der Waals surface area contributed by atoms with Crippen LogP contribution in [0.3, 0.4) is 0 Å². The van der Waals surface area contributed by atoms with Crippen LogP contribution in [0.1, 0.15) is 37.0 Å². The van der Waals surface area contributed by atoms with E-state index < -0.39 is 11.3 Å². The highest BCUT2D eigenvalue weighted by Crippen LogP contribution is 2.37. The zero-order chi connectivity index (χ0) is 27.7. The standard InChI is InChI=1S/C28H23Cl3N6O2/c1-28(2,3)27-35-34-26(39-27)23-22(25(38)33-32-19-7-5-4-6-8-19)24(16-9-11-17(29)12-10-16)37(36-23)21-14-13-18(30)15-20(21)31/h4-15,32H,1-3H3,(H,33,38). The normalized spacial score (nSPS) is 11.4. The van der Waals surface area contributed by atoms with Crippen molar-refractivity contribution in [3.63, 3.8) is 0 Å². The molecule has 39 heavy (non-hydrogen) atoms. The molecule has 0 aliphatic heterocycles. The molecule has 0 aliphatic carbocycles. The van der Waals surface area contributed by atoms with Gasteiger partial charge in [0.1, 0.15) is 5.56 Å². The summed E-state index contributed by atoms with van der Waals surface area (Å²) in [6.07, 6.45) is 0. The van der Waals surface area contributed by atoms with Gasteiger partial charge in [-0.1, -0.05) is 85.9 Å². The van der Waals surface area contributed by atoms with E-state index in [0.717, 1.165) is 0 Å². The summed E-state index contributed by atoms with van der Waals surface area (Å²) in [6, 6.07) is 21.3. The second-order valence-electron chi connectivity index (χ2n) is 9.69. The van der Waals surface area contributed by atoms with E-state index in [4.69, 9.17) is 44.3 Å². The highest BCUT2D eigenvalue weighted by atomic mass is 35.5. The number of aromatic nitrogens is 4. The topological polar surface area (TPSA) is 97.9 Å². The minimum absolute atomic E-state index is 0.0869. The van der Waals surface area contributed by atoms with Crippen LogP contribution >= 0.6 is 34.8 Å². The Morgan fingerprint density at radius 1 is 0.897 bits per heavy atom. The van der Waals surface area contributed by atoms with Crippen LogP contribution in [0.5, 0.6) is 0 Å². The summed E-state index contributed by atoms with van der Waals surface area (Å²) in [5.41, 5.74) is 7.95. The summed E-state index contributed by atoms with van der Waals surface area (Å²) in [5.74, 6) is 0.00729. The van der Waals surface area contributed by atoms with Crippen LogP contribution in [0, 0.1) is 0 Å². The molecule has 11 heteroatoms. The Kier molecular flexibility index (Phi) is 7.36. The first-order valence-electron chi connectivity index (χ1n) is 11.9. The fourth-order valence-corrected chi connectivity index (χ4v) is 4.43. The molecule has 0 saturated carbocycles. The number of benzene rings is 3. The van der Waals surface area contributed by atoms with Crippen LogP contribution < -0.4 is 10.9 Å². The number of carbonyl (C=O) groups excluding carboxylic acids is 1. The van der Waals surface area contributed by atoms with Gasteiger partial charge in [-0.15, -0.1) is 10.2 Å². The Balaban J connectivity index is 1.74. The number of amides is 1. The molecule has 0 spiro atoms. The molecule has 1 amide bonds. The minimum atomic E-state index is -0.481. The Morgan fingerprint density at radius 3 is 2.23 bits per heavy atom. The number of hydrogen-bond donors (Lipinski definition) is 2. The second kappa shape index (κ2) is 10.7. The maximum absolute atomic E-state index is 13.9. The van der Waals surface area contributed by atoms with Crippen LogP contribution in [-0.4, -0.2) is 25.9 Å². The zero-order valence-corrected chi connectivity index (χ0v) is 23.4. The molecule has 2 N–H and O–H groups in total. The number of hydrazine groups is 1. The quantitative estimate of drug-likeness (QED) is 0.200. The maximum atomic E-state index is 13.9. The smallest absolute Gasteiger partial charge is 0.274 e. The summed E-state index contributed by atoms with van der Waals surface area (Å²) >= 11 is 19.0. The molecule has 0 saturated heterocycles. The van der Waals surface area contributed by atoms with Crippen molar-refractivity contribution in [1.82, 2.24) is 25.4 Å². The fraction of sp³-hybridized carbons (Fsp3) is 0.143. The van der Waals surface area contributed by atoms with Crippen molar-refractivity contribution in [3.05, 3.63) is 99.3 Å². The monoisotopic (exact) mass is 580 g/mol. The Morgan fingerprint density at radius 2 is 1.59 bits per heavy atom. The van der Waals surface area contributed by atoms with E-state index >= 15 is 0 Å². The van der Waals surface area contributed by atoms with Crippen LogP contribution in [0.25, 0.3) is 28.5 Å². The Hall–Kier alpha value is -3.85. The highest BCUT2D eigenvalue weighted by Gasteiger charge is 2.32. The number of rotatable bonds is 6. The summed E-state index contributed by atoms with van der Waals surface area (Å²) in [4.78, 5) is 13.9. The second-order valence-corrected chi connectivity index (χ2v) is 11.0. The van der Waals surface area contributed by atoms with Gasteiger partial charge in [0, 0.05) is 21.0 Å². The first-order valence-corrected chi connectivity index (χ1v) is 13.1. The van der Waals surface area contributed by atoms with Gasteiger partial charge >= 0.3 is 0 Å². The van der Waals surface area contributed by atoms with Gasteiger partial charge in [0.2, 0.25) is 5.89 Å². The zero-order valence-electron chi connectivity index (χ0n) is 21.2.